The zero-order valence-electron chi connectivity index (χ0n) is 12.6. The second-order valence-corrected chi connectivity index (χ2v) is 6.76. The number of benzene rings is 1. The van der Waals surface area contributed by atoms with Gasteiger partial charge in [0.05, 0.1) is 5.02 Å². The summed E-state index contributed by atoms with van der Waals surface area (Å²) in [5, 5.41) is 3.88. The Kier molecular flexibility index (Phi) is 4.82. The monoisotopic (exact) mass is 310 g/mol. The lowest BCUT2D eigenvalue weighted by atomic mass is 9.91. The maximum Gasteiger partial charge on any atom is 0.141 e. The summed E-state index contributed by atoms with van der Waals surface area (Å²) in [6, 6.07) is 6.65. The third-order valence-electron chi connectivity index (χ3n) is 5.08. The summed E-state index contributed by atoms with van der Waals surface area (Å²) in [5.74, 6) is -0.333. The predicted octanol–water partition coefficient (Wildman–Crippen LogP) is 4.15. The molecule has 0 saturated carbocycles. The molecule has 2 aliphatic heterocycles. The lowest BCUT2D eigenvalue weighted by Crippen LogP contribution is -2.50. The topological polar surface area (TPSA) is 15.3 Å². The molecule has 2 fully saturated rings. The third kappa shape index (κ3) is 3.25. The molecule has 4 heteroatoms. The number of nitrogens with zero attached hydrogens (tertiary/aromatic N) is 1. The van der Waals surface area contributed by atoms with Crippen LogP contribution in [0.3, 0.4) is 0 Å². The number of rotatable bonds is 3. The summed E-state index contributed by atoms with van der Waals surface area (Å²) >= 11 is 5.95. The van der Waals surface area contributed by atoms with Crippen LogP contribution < -0.4 is 5.32 Å². The highest BCUT2D eigenvalue weighted by atomic mass is 35.5. The molecule has 2 saturated heterocycles. The standard InChI is InChI=1S/C17H24ClFN2/c1-12(13-7-8-15(19)14(18)11-13)21-10-3-2-6-17(21)16-5-4-9-20-16/h7-8,11-12,16-17,20H,2-6,9-10H2,1H3. The van der Waals surface area contributed by atoms with Crippen LogP contribution in [0.5, 0.6) is 0 Å². The van der Waals surface area contributed by atoms with Crippen LogP contribution in [0.1, 0.15) is 50.6 Å². The second-order valence-electron chi connectivity index (χ2n) is 6.35. The van der Waals surface area contributed by atoms with Crippen LogP contribution in [0.4, 0.5) is 4.39 Å². The van der Waals surface area contributed by atoms with E-state index in [1.165, 1.54) is 38.2 Å². The molecule has 2 nitrogen and oxygen atoms in total. The highest BCUT2D eigenvalue weighted by Crippen LogP contribution is 2.33. The maximum atomic E-state index is 13.4. The van der Waals surface area contributed by atoms with Gasteiger partial charge in [-0.05, 0) is 63.4 Å². The van der Waals surface area contributed by atoms with E-state index in [2.05, 4.69) is 17.1 Å². The fraction of sp³-hybridized carbons (Fsp3) is 0.647. The van der Waals surface area contributed by atoms with Gasteiger partial charge in [0.15, 0.2) is 0 Å². The molecular formula is C17H24ClFN2. The van der Waals surface area contributed by atoms with Crippen molar-refractivity contribution in [2.45, 2.75) is 57.2 Å². The first-order valence-electron chi connectivity index (χ1n) is 8.11. The van der Waals surface area contributed by atoms with Gasteiger partial charge in [-0.1, -0.05) is 24.1 Å². The van der Waals surface area contributed by atoms with E-state index in [-0.39, 0.29) is 16.9 Å². The van der Waals surface area contributed by atoms with E-state index in [1.807, 2.05) is 6.07 Å². The van der Waals surface area contributed by atoms with Crippen LogP contribution in [-0.4, -0.2) is 30.1 Å². The molecule has 116 valence electrons. The molecule has 0 aliphatic carbocycles. The summed E-state index contributed by atoms with van der Waals surface area (Å²) < 4.78 is 13.4. The Morgan fingerprint density at radius 1 is 1.29 bits per heavy atom. The number of piperidine rings is 1. The minimum absolute atomic E-state index is 0.229. The van der Waals surface area contributed by atoms with E-state index in [1.54, 1.807) is 6.07 Å². The lowest BCUT2D eigenvalue weighted by molar-refractivity contribution is 0.0802. The number of halogens is 2. The van der Waals surface area contributed by atoms with Crippen LogP contribution in [0.15, 0.2) is 18.2 Å². The minimum atomic E-state index is -0.333. The smallest absolute Gasteiger partial charge is 0.141 e. The second kappa shape index (κ2) is 6.64. The van der Waals surface area contributed by atoms with Crippen LogP contribution in [-0.2, 0) is 0 Å². The molecule has 1 N–H and O–H groups in total. The molecule has 0 amide bonds. The van der Waals surface area contributed by atoms with Crippen LogP contribution in [0.25, 0.3) is 0 Å². The van der Waals surface area contributed by atoms with E-state index >= 15 is 0 Å². The molecule has 1 aromatic rings. The zero-order valence-corrected chi connectivity index (χ0v) is 13.4. The molecule has 21 heavy (non-hydrogen) atoms. The van der Waals surface area contributed by atoms with Gasteiger partial charge in [-0.2, -0.15) is 0 Å². The maximum absolute atomic E-state index is 13.4. The lowest BCUT2D eigenvalue weighted by Gasteiger charge is -2.43. The first-order valence-corrected chi connectivity index (χ1v) is 8.48. The summed E-state index contributed by atoms with van der Waals surface area (Å²) in [7, 11) is 0. The summed E-state index contributed by atoms with van der Waals surface area (Å²) in [6.07, 6.45) is 6.39. The minimum Gasteiger partial charge on any atom is -0.312 e. The van der Waals surface area contributed by atoms with Crippen molar-refractivity contribution in [3.8, 4) is 0 Å². The molecule has 0 radical (unpaired) electrons. The molecule has 1 aromatic carbocycles. The Bertz CT molecular complexity index is 488. The Balaban J connectivity index is 1.79. The van der Waals surface area contributed by atoms with Crippen molar-refractivity contribution < 1.29 is 4.39 Å². The van der Waals surface area contributed by atoms with Gasteiger partial charge in [-0.15, -0.1) is 0 Å². The summed E-state index contributed by atoms with van der Waals surface area (Å²) in [6.45, 7) is 4.49. The van der Waals surface area contributed by atoms with Gasteiger partial charge in [0.1, 0.15) is 5.82 Å². The predicted molar refractivity (Wildman–Crippen MR) is 85.2 cm³/mol. The number of nitrogens with one attached hydrogen (secondary N) is 1. The van der Waals surface area contributed by atoms with Gasteiger partial charge in [-0.25, -0.2) is 4.39 Å². The summed E-state index contributed by atoms with van der Waals surface area (Å²) in [4.78, 5) is 2.59. The molecular weight excluding hydrogens is 287 g/mol. The average molecular weight is 311 g/mol. The Labute approximate surface area is 131 Å². The number of hydrogen-bond donors (Lipinski definition) is 1. The average Bonchev–Trinajstić information content (AvgIpc) is 3.03. The largest absolute Gasteiger partial charge is 0.312 e. The molecule has 3 unspecified atom stereocenters. The molecule has 3 rings (SSSR count). The number of hydrogen-bond acceptors (Lipinski definition) is 2. The van der Waals surface area contributed by atoms with E-state index < -0.39 is 0 Å². The van der Waals surface area contributed by atoms with Crippen molar-refractivity contribution in [3.63, 3.8) is 0 Å². The van der Waals surface area contributed by atoms with E-state index in [4.69, 9.17) is 11.6 Å². The van der Waals surface area contributed by atoms with Crippen LogP contribution in [0, 0.1) is 5.82 Å². The Morgan fingerprint density at radius 2 is 2.14 bits per heavy atom. The van der Waals surface area contributed by atoms with Crippen molar-refractivity contribution in [2.75, 3.05) is 13.1 Å². The molecule has 2 heterocycles. The SMILES string of the molecule is CC(c1ccc(F)c(Cl)c1)N1CCCCC1C1CCCN1. The van der Waals surface area contributed by atoms with Gasteiger partial charge in [0.2, 0.25) is 0 Å². The van der Waals surface area contributed by atoms with Crippen molar-refractivity contribution in [1.82, 2.24) is 10.2 Å². The first-order chi connectivity index (χ1) is 10.2. The van der Waals surface area contributed by atoms with Gasteiger partial charge in [0.25, 0.3) is 0 Å². The van der Waals surface area contributed by atoms with Gasteiger partial charge < -0.3 is 5.32 Å². The Hall–Kier alpha value is -0.640. The van der Waals surface area contributed by atoms with Crippen LogP contribution >= 0.6 is 11.6 Å². The third-order valence-corrected chi connectivity index (χ3v) is 5.37. The fourth-order valence-electron chi connectivity index (χ4n) is 3.90. The molecule has 0 bridgehead atoms. The number of likely N-dealkylation sites (tertiary alicyclic amines) is 1. The van der Waals surface area contributed by atoms with Crippen molar-refractivity contribution in [3.05, 3.63) is 34.6 Å². The van der Waals surface area contributed by atoms with Crippen molar-refractivity contribution in [1.29, 1.82) is 0 Å². The molecule has 2 aliphatic rings. The molecule has 3 atom stereocenters. The molecule has 0 spiro atoms. The normalized spacial score (nSPS) is 28.7. The van der Waals surface area contributed by atoms with Gasteiger partial charge in [-0.3, -0.25) is 4.90 Å². The van der Waals surface area contributed by atoms with E-state index in [0.717, 1.165) is 18.7 Å². The Morgan fingerprint density at radius 3 is 2.86 bits per heavy atom. The van der Waals surface area contributed by atoms with Crippen LogP contribution in [0.2, 0.25) is 5.02 Å². The highest BCUT2D eigenvalue weighted by molar-refractivity contribution is 6.30. The first kappa shape index (κ1) is 15.3. The fourth-order valence-corrected chi connectivity index (χ4v) is 4.09. The highest BCUT2D eigenvalue weighted by Gasteiger charge is 2.34. The van der Waals surface area contributed by atoms with Gasteiger partial charge >= 0.3 is 0 Å². The van der Waals surface area contributed by atoms with E-state index in [9.17, 15) is 4.39 Å². The quantitative estimate of drug-likeness (QED) is 0.902. The van der Waals surface area contributed by atoms with Crippen molar-refractivity contribution in [2.24, 2.45) is 0 Å². The van der Waals surface area contributed by atoms with E-state index in [0.29, 0.717) is 12.1 Å². The molecule has 0 aromatic heterocycles. The van der Waals surface area contributed by atoms with Crippen molar-refractivity contribution >= 4 is 11.6 Å². The van der Waals surface area contributed by atoms with Gasteiger partial charge in [0, 0.05) is 18.1 Å². The summed E-state index contributed by atoms with van der Waals surface area (Å²) in [5.41, 5.74) is 1.12. The zero-order chi connectivity index (χ0) is 14.8.